The Morgan fingerprint density at radius 1 is 1.33 bits per heavy atom. The van der Waals surface area contributed by atoms with E-state index in [4.69, 9.17) is 5.11 Å². The number of hydrogen-bond donors (Lipinski definition) is 2. The number of rotatable bonds is 4. The Bertz CT molecular complexity index is 351. The number of carboxylic acids is 1. The number of hydrogen-bond acceptors (Lipinski definition) is 3. The molecule has 0 unspecified atom stereocenters. The Balaban J connectivity index is 2.67. The number of hydrazine groups is 1. The summed E-state index contributed by atoms with van der Waals surface area (Å²) >= 11 is 0. The van der Waals surface area contributed by atoms with Crippen molar-refractivity contribution in [1.82, 2.24) is 5.01 Å². The van der Waals surface area contributed by atoms with Crippen LogP contribution in [0.5, 0.6) is 0 Å². The molecule has 0 saturated heterocycles. The lowest BCUT2D eigenvalue weighted by molar-refractivity contribution is -0.142. The van der Waals surface area contributed by atoms with Crippen molar-refractivity contribution >= 4 is 17.6 Å². The fourth-order valence-corrected chi connectivity index (χ4v) is 1.03. The lowest BCUT2D eigenvalue weighted by atomic mass is 10.3. The highest BCUT2D eigenvalue weighted by Gasteiger charge is 2.12. The minimum absolute atomic E-state index is 0.346. The number of benzene rings is 1. The van der Waals surface area contributed by atoms with Crippen LogP contribution in [0.2, 0.25) is 0 Å². The van der Waals surface area contributed by atoms with Gasteiger partial charge < -0.3 is 5.11 Å². The molecule has 0 spiro atoms. The number of amides is 1. The summed E-state index contributed by atoms with van der Waals surface area (Å²) in [4.78, 5) is 21.6. The van der Waals surface area contributed by atoms with Crippen LogP contribution in [0.15, 0.2) is 30.3 Å². The van der Waals surface area contributed by atoms with Crippen molar-refractivity contribution < 1.29 is 14.7 Å². The Labute approximate surface area is 87.3 Å². The molecule has 80 valence electrons. The molecule has 1 rings (SSSR count). The molecule has 5 nitrogen and oxygen atoms in total. The summed E-state index contributed by atoms with van der Waals surface area (Å²) in [5.41, 5.74) is 3.39. The first-order valence-corrected chi connectivity index (χ1v) is 4.41. The minimum Gasteiger partial charge on any atom is -0.480 e. The molecule has 1 aromatic carbocycles. The van der Waals surface area contributed by atoms with Crippen molar-refractivity contribution in [2.24, 2.45) is 0 Å². The molecule has 0 saturated carbocycles. The normalized spacial score (nSPS) is 9.40. The second-order valence-electron chi connectivity index (χ2n) is 2.98. The summed E-state index contributed by atoms with van der Waals surface area (Å²) in [6.07, 6.45) is 0. The number of carbonyl (C=O) groups is 2. The van der Waals surface area contributed by atoms with E-state index < -0.39 is 5.97 Å². The summed E-state index contributed by atoms with van der Waals surface area (Å²) < 4.78 is 0. The van der Waals surface area contributed by atoms with Crippen molar-refractivity contribution in [1.29, 1.82) is 0 Å². The van der Waals surface area contributed by atoms with E-state index in [-0.39, 0.29) is 12.5 Å². The number of para-hydroxylation sites is 1. The van der Waals surface area contributed by atoms with Gasteiger partial charge in [-0.1, -0.05) is 18.2 Å². The highest BCUT2D eigenvalue weighted by atomic mass is 16.4. The molecule has 2 N–H and O–H groups in total. The summed E-state index contributed by atoms with van der Waals surface area (Å²) in [6, 6.07) is 8.92. The SMILES string of the molecule is CC(=O)N(CC(=O)O)Nc1ccccc1. The number of nitrogens with zero attached hydrogens (tertiary/aromatic N) is 1. The van der Waals surface area contributed by atoms with Gasteiger partial charge >= 0.3 is 5.97 Å². The van der Waals surface area contributed by atoms with E-state index in [1.807, 2.05) is 6.07 Å². The molecule has 5 heteroatoms. The van der Waals surface area contributed by atoms with Crippen LogP contribution in [0.25, 0.3) is 0 Å². The topological polar surface area (TPSA) is 69.6 Å². The van der Waals surface area contributed by atoms with Gasteiger partial charge in [0.1, 0.15) is 6.54 Å². The molecule has 0 aliphatic rings. The smallest absolute Gasteiger partial charge is 0.325 e. The number of carboxylic acid groups (broad SMARTS) is 1. The summed E-state index contributed by atoms with van der Waals surface area (Å²) in [5, 5.41) is 9.62. The molecule has 1 aromatic rings. The van der Waals surface area contributed by atoms with Crippen LogP contribution in [0.1, 0.15) is 6.92 Å². The van der Waals surface area contributed by atoms with Gasteiger partial charge in [0.05, 0.1) is 5.69 Å². The molecule has 0 bridgehead atoms. The molecular formula is C10H12N2O3. The quantitative estimate of drug-likeness (QED) is 0.723. The monoisotopic (exact) mass is 208 g/mol. The van der Waals surface area contributed by atoms with Gasteiger partial charge in [0.15, 0.2) is 0 Å². The average Bonchev–Trinajstić information content (AvgIpc) is 2.17. The van der Waals surface area contributed by atoms with Crippen LogP contribution in [0.3, 0.4) is 0 Å². The van der Waals surface area contributed by atoms with Crippen molar-refractivity contribution in [3.05, 3.63) is 30.3 Å². The lowest BCUT2D eigenvalue weighted by Crippen LogP contribution is -2.38. The van der Waals surface area contributed by atoms with Gasteiger partial charge in [-0.25, -0.2) is 5.01 Å². The molecular weight excluding hydrogens is 196 g/mol. The number of aliphatic carboxylic acids is 1. The molecule has 0 heterocycles. The lowest BCUT2D eigenvalue weighted by Gasteiger charge is -2.20. The van der Waals surface area contributed by atoms with Gasteiger partial charge in [0.25, 0.3) is 0 Å². The fraction of sp³-hybridized carbons (Fsp3) is 0.200. The first-order valence-electron chi connectivity index (χ1n) is 4.41. The Morgan fingerprint density at radius 2 is 1.93 bits per heavy atom. The minimum atomic E-state index is -1.06. The van der Waals surface area contributed by atoms with E-state index in [1.165, 1.54) is 6.92 Å². The molecule has 0 radical (unpaired) electrons. The Morgan fingerprint density at radius 3 is 2.40 bits per heavy atom. The molecule has 0 aliphatic carbocycles. The number of anilines is 1. The van der Waals surface area contributed by atoms with Crippen LogP contribution >= 0.6 is 0 Å². The van der Waals surface area contributed by atoms with E-state index in [9.17, 15) is 9.59 Å². The van der Waals surface area contributed by atoms with E-state index >= 15 is 0 Å². The Kier molecular flexibility index (Phi) is 3.68. The molecule has 0 atom stereocenters. The second-order valence-corrected chi connectivity index (χ2v) is 2.98. The summed E-state index contributed by atoms with van der Waals surface area (Å²) in [5.74, 6) is -1.41. The van der Waals surface area contributed by atoms with Gasteiger partial charge in [-0.05, 0) is 12.1 Å². The fourth-order valence-electron chi connectivity index (χ4n) is 1.03. The third-order valence-corrected chi connectivity index (χ3v) is 1.71. The van der Waals surface area contributed by atoms with Crippen LogP contribution < -0.4 is 5.43 Å². The third kappa shape index (κ3) is 3.68. The number of nitrogens with one attached hydrogen (secondary N) is 1. The van der Waals surface area contributed by atoms with Gasteiger partial charge in [-0.2, -0.15) is 0 Å². The van der Waals surface area contributed by atoms with E-state index in [0.717, 1.165) is 5.01 Å². The van der Waals surface area contributed by atoms with Gasteiger partial charge in [0, 0.05) is 6.92 Å². The van der Waals surface area contributed by atoms with Gasteiger partial charge in [-0.3, -0.25) is 15.0 Å². The summed E-state index contributed by atoms with van der Waals surface area (Å²) in [6.45, 7) is 0.934. The van der Waals surface area contributed by atoms with Crippen molar-refractivity contribution in [3.63, 3.8) is 0 Å². The zero-order valence-corrected chi connectivity index (χ0v) is 8.30. The number of carbonyl (C=O) groups excluding carboxylic acids is 1. The third-order valence-electron chi connectivity index (χ3n) is 1.71. The summed E-state index contributed by atoms with van der Waals surface area (Å²) in [7, 11) is 0. The zero-order chi connectivity index (χ0) is 11.3. The van der Waals surface area contributed by atoms with Crippen LogP contribution in [-0.4, -0.2) is 28.5 Å². The van der Waals surface area contributed by atoms with Crippen LogP contribution in [0.4, 0.5) is 5.69 Å². The second kappa shape index (κ2) is 4.99. The largest absolute Gasteiger partial charge is 0.480 e. The molecule has 15 heavy (non-hydrogen) atoms. The maximum Gasteiger partial charge on any atom is 0.325 e. The van der Waals surface area contributed by atoms with Gasteiger partial charge in [-0.15, -0.1) is 0 Å². The predicted molar refractivity (Wildman–Crippen MR) is 55.1 cm³/mol. The predicted octanol–water partition coefficient (Wildman–Crippen LogP) is 0.947. The van der Waals surface area contributed by atoms with Gasteiger partial charge in [0.2, 0.25) is 5.91 Å². The van der Waals surface area contributed by atoms with E-state index in [1.54, 1.807) is 24.3 Å². The van der Waals surface area contributed by atoms with Crippen LogP contribution in [-0.2, 0) is 9.59 Å². The highest BCUT2D eigenvalue weighted by molar-refractivity contribution is 5.80. The molecule has 0 fully saturated rings. The van der Waals surface area contributed by atoms with Crippen molar-refractivity contribution in [2.75, 3.05) is 12.0 Å². The first kappa shape index (κ1) is 11.0. The maximum atomic E-state index is 11.1. The van der Waals surface area contributed by atoms with Crippen molar-refractivity contribution in [3.8, 4) is 0 Å². The standard InChI is InChI=1S/C10H12N2O3/c1-8(13)12(7-10(14)15)11-9-5-3-2-4-6-9/h2-6,11H,7H2,1H3,(H,14,15). The Hall–Kier alpha value is -2.04. The van der Waals surface area contributed by atoms with E-state index in [2.05, 4.69) is 5.43 Å². The maximum absolute atomic E-state index is 11.1. The molecule has 1 amide bonds. The van der Waals surface area contributed by atoms with E-state index in [0.29, 0.717) is 5.69 Å². The average molecular weight is 208 g/mol. The molecule has 0 aliphatic heterocycles. The molecule has 0 aromatic heterocycles. The van der Waals surface area contributed by atoms with Crippen molar-refractivity contribution in [2.45, 2.75) is 6.92 Å². The highest BCUT2D eigenvalue weighted by Crippen LogP contribution is 2.06. The zero-order valence-electron chi connectivity index (χ0n) is 8.30. The first-order chi connectivity index (χ1) is 7.09. The van der Waals surface area contributed by atoms with Crippen LogP contribution in [0, 0.1) is 0 Å².